The largest absolute Gasteiger partial charge is 0.451 e. The lowest BCUT2D eigenvalue weighted by atomic mass is 10.0. The minimum Gasteiger partial charge on any atom is -0.341 e. The number of hydrogen-bond donors (Lipinski definition) is 1. The summed E-state index contributed by atoms with van der Waals surface area (Å²) in [5.74, 6) is -1.94. The quantitative estimate of drug-likeness (QED) is 0.392. The molecule has 34 heavy (non-hydrogen) atoms. The molecule has 180 valence electrons. The standard InChI is InChI=1S/C24H23F4N5O.H2/c1-3-20(31-22(29-2)24(26,27)28)33-14-4-5-17-18(33)10-11-19(30-17)23(12-13-23)32-21(34)15-6-8-16(25)9-7-15;/h3,6-11H,1,4-5,12-14H2,2H3,(H,32,34);1H. The first kappa shape index (κ1) is 23.6. The predicted octanol–water partition coefficient (Wildman–Crippen LogP) is 4.81. The Morgan fingerprint density at radius 1 is 1.24 bits per heavy atom. The molecule has 1 N–H and O–H groups in total. The highest BCUT2D eigenvalue weighted by atomic mass is 19.4. The van der Waals surface area contributed by atoms with Crippen molar-refractivity contribution in [3.63, 3.8) is 0 Å². The molecule has 1 aromatic heterocycles. The van der Waals surface area contributed by atoms with Gasteiger partial charge in [0, 0.05) is 20.6 Å². The number of pyridine rings is 1. The fraction of sp³-hybridized carbons (Fsp3) is 0.333. The van der Waals surface area contributed by atoms with E-state index >= 15 is 0 Å². The highest BCUT2D eigenvalue weighted by molar-refractivity contribution is 6.12. The van der Waals surface area contributed by atoms with Gasteiger partial charge in [-0.3, -0.25) is 14.8 Å². The molecule has 0 atom stereocenters. The Labute approximate surface area is 195 Å². The lowest BCUT2D eigenvalue weighted by Gasteiger charge is -2.31. The second kappa shape index (κ2) is 9.00. The second-order valence-corrected chi connectivity index (χ2v) is 8.18. The number of alkyl halides is 3. The number of benzene rings is 1. The van der Waals surface area contributed by atoms with Gasteiger partial charge in [0.05, 0.1) is 22.6 Å². The third-order valence-corrected chi connectivity index (χ3v) is 5.88. The van der Waals surface area contributed by atoms with E-state index in [0.717, 1.165) is 7.05 Å². The Bertz CT molecular complexity index is 1170. The molecule has 0 saturated heterocycles. The van der Waals surface area contributed by atoms with Crippen molar-refractivity contribution in [2.45, 2.75) is 37.4 Å². The van der Waals surface area contributed by atoms with E-state index in [1.165, 1.54) is 30.3 Å². The monoisotopic (exact) mass is 475 g/mol. The number of nitrogens with one attached hydrogen (secondary N) is 1. The average molecular weight is 475 g/mol. The molecule has 1 amide bonds. The lowest BCUT2D eigenvalue weighted by molar-refractivity contribution is -0.0597. The third-order valence-electron chi connectivity index (χ3n) is 5.88. The van der Waals surface area contributed by atoms with Crippen molar-refractivity contribution in [1.29, 1.82) is 0 Å². The van der Waals surface area contributed by atoms with Crippen LogP contribution < -0.4 is 10.2 Å². The van der Waals surface area contributed by atoms with Crippen LogP contribution in [0.25, 0.3) is 0 Å². The molecule has 0 spiro atoms. The van der Waals surface area contributed by atoms with Gasteiger partial charge in [0.15, 0.2) is 0 Å². The van der Waals surface area contributed by atoms with Gasteiger partial charge >= 0.3 is 6.18 Å². The van der Waals surface area contributed by atoms with Gasteiger partial charge in [-0.1, -0.05) is 6.58 Å². The molecule has 1 fully saturated rings. The highest BCUT2D eigenvalue weighted by Gasteiger charge is 2.47. The average Bonchev–Trinajstić information content (AvgIpc) is 3.59. The summed E-state index contributed by atoms with van der Waals surface area (Å²) in [4.78, 5) is 26.1. The molecule has 0 radical (unpaired) electrons. The van der Waals surface area contributed by atoms with Crippen molar-refractivity contribution >= 4 is 23.3 Å². The summed E-state index contributed by atoms with van der Waals surface area (Å²) >= 11 is 0. The Kier molecular flexibility index (Phi) is 6.24. The SMILES string of the molecule is C=CC(=NC(=NC)C(F)(F)F)N1CCCc2nc(C3(NC(=O)c4ccc(F)cc4)CC3)ccc21.[HH]. The summed E-state index contributed by atoms with van der Waals surface area (Å²) in [7, 11) is 1.04. The number of hydrogen-bond acceptors (Lipinski definition) is 3. The van der Waals surface area contributed by atoms with E-state index in [9.17, 15) is 22.4 Å². The molecule has 10 heteroatoms. The van der Waals surface area contributed by atoms with Crippen LogP contribution in [0.2, 0.25) is 0 Å². The maximum atomic E-state index is 13.2. The first-order valence-electron chi connectivity index (χ1n) is 10.8. The molecule has 1 saturated carbocycles. The van der Waals surface area contributed by atoms with E-state index in [-0.39, 0.29) is 13.2 Å². The summed E-state index contributed by atoms with van der Waals surface area (Å²) in [6.07, 6.45) is -0.695. The Hall–Kier alpha value is -3.56. The van der Waals surface area contributed by atoms with Gasteiger partial charge in [-0.25, -0.2) is 9.38 Å². The predicted molar refractivity (Wildman–Crippen MR) is 124 cm³/mol. The number of aryl methyl sites for hydroxylation is 1. The van der Waals surface area contributed by atoms with E-state index in [1.807, 2.05) is 0 Å². The first-order chi connectivity index (χ1) is 16.2. The molecule has 2 heterocycles. The molecule has 6 nitrogen and oxygen atoms in total. The van der Waals surface area contributed by atoms with E-state index < -0.39 is 23.4 Å². The molecular formula is C24H25F4N5O. The molecule has 2 aromatic rings. The van der Waals surface area contributed by atoms with Crippen molar-refractivity contribution in [2.75, 3.05) is 18.5 Å². The smallest absolute Gasteiger partial charge is 0.341 e. The number of amidine groups is 2. The normalized spacial score (nSPS) is 17.7. The molecule has 4 rings (SSSR count). The van der Waals surface area contributed by atoms with Gasteiger partial charge in [0.25, 0.3) is 5.91 Å². The second-order valence-electron chi connectivity index (χ2n) is 8.18. The Balaban J connectivity index is 0.00000342. The number of halogens is 4. The van der Waals surface area contributed by atoms with Gasteiger partial charge in [0.2, 0.25) is 5.84 Å². The highest BCUT2D eigenvalue weighted by Crippen LogP contribution is 2.45. The number of anilines is 1. The van der Waals surface area contributed by atoms with Crippen LogP contribution in [0.4, 0.5) is 23.2 Å². The molecule has 1 aliphatic carbocycles. The molecule has 2 aliphatic rings. The van der Waals surface area contributed by atoms with Gasteiger partial charge in [-0.15, -0.1) is 0 Å². The number of amides is 1. The molecule has 1 aromatic carbocycles. The lowest BCUT2D eigenvalue weighted by Crippen LogP contribution is -2.38. The molecule has 0 bridgehead atoms. The van der Waals surface area contributed by atoms with Crippen molar-refractivity contribution in [3.8, 4) is 0 Å². The maximum absolute atomic E-state index is 13.2. The van der Waals surface area contributed by atoms with Crippen LogP contribution in [0.3, 0.4) is 0 Å². The van der Waals surface area contributed by atoms with Gasteiger partial charge in [0.1, 0.15) is 11.7 Å². The van der Waals surface area contributed by atoms with E-state index in [1.54, 1.807) is 17.0 Å². The van der Waals surface area contributed by atoms with E-state index in [2.05, 4.69) is 21.9 Å². The third kappa shape index (κ3) is 4.71. The summed E-state index contributed by atoms with van der Waals surface area (Å²) in [6.45, 7) is 4.08. The van der Waals surface area contributed by atoms with Gasteiger partial charge < -0.3 is 10.2 Å². The fourth-order valence-corrected chi connectivity index (χ4v) is 3.98. The molecular weight excluding hydrogens is 450 g/mol. The summed E-state index contributed by atoms with van der Waals surface area (Å²) < 4.78 is 52.7. The Morgan fingerprint density at radius 3 is 2.53 bits per heavy atom. The van der Waals surface area contributed by atoms with Crippen LogP contribution in [0.1, 0.15) is 42.4 Å². The number of fused-ring (bicyclic) bond motifs is 1. The molecule has 0 unspecified atom stereocenters. The van der Waals surface area contributed by atoms with Crippen molar-refractivity contribution in [2.24, 2.45) is 9.98 Å². The number of rotatable bonds is 4. The number of carbonyl (C=O) groups excluding carboxylic acids is 1. The Morgan fingerprint density at radius 2 is 1.94 bits per heavy atom. The van der Waals surface area contributed by atoms with E-state index in [0.29, 0.717) is 54.9 Å². The van der Waals surface area contributed by atoms with Crippen molar-refractivity contribution < 1.29 is 23.8 Å². The zero-order valence-corrected chi connectivity index (χ0v) is 18.5. The van der Waals surface area contributed by atoms with Crippen LogP contribution in [0.5, 0.6) is 0 Å². The van der Waals surface area contributed by atoms with Gasteiger partial charge in [-0.05, 0) is 68.2 Å². The van der Waals surface area contributed by atoms with Crippen LogP contribution in [0, 0.1) is 5.82 Å². The fourth-order valence-electron chi connectivity index (χ4n) is 3.98. The number of carbonyl (C=O) groups is 1. The molecule has 1 aliphatic heterocycles. The zero-order valence-electron chi connectivity index (χ0n) is 18.5. The zero-order chi connectivity index (χ0) is 24.5. The van der Waals surface area contributed by atoms with Crippen LogP contribution >= 0.6 is 0 Å². The topological polar surface area (TPSA) is 70.0 Å². The van der Waals surface area contributed by atoms with Crippen LogP contribution in [0.15, 0.2) is 59.0 Å². The van der Waals surface area contributed by atoms with Crippen LogP contribution in [-0.2, 0) is 12.0 Å². The summed E-state index contributed by atoms with van der Waals surface area (Å²) in [5.41, 5.74) is 1.78. The van der Waals surface area contributed by atoms with Crippen LogP contribution in [-0.4, -0.2) is 42.3 Å². The van der Waals surface area contributed by atoms with Crippen molar-refractivity contribution in [3.05, 3.63) is 71.8 Å². The summed E-state index contributed by atoms with van der Waals surface area (Å²) in [5, 5.41) is 3.00. The minimum atomic E-state index is -4.68. The number of aromatic nitrogens is 1. The minimum absolute atomic E-state index is 0. The first-order valence-corrected chi connectivity index (χ1v) is 10.8. The number of aliphatic imine (C=N–C) groups is 2. The van der Waals surface area contributed by atoms with Crippen molar-refractivity contribution in [1.82, 2.24) is 10.3 Å². The summed E-state index contributed by atoms with van der Waals surface area (Å²) in [6, 6.07) is 8.86. The maximum Gasteiger partial charge on any atom is 0.451 e. The van der Waals surface area contributed by atoms with E-state index in [4.69, 9.17) is 4.98 Å². The number of nitrogens with zero attached hydrogens (tertiary/aromatic N) is 4. The van der Waals surface area contributed by atoms with Gasteiger partial charge in [-0.2, -0.15) is 13.2 Å².